The molecular formula is C57H37N3S. The van der Waals surface area contributed by atoms with Gasteiger partial charge in [0.25, 0.3) is 0 Å². The van der Waals surface area contributed by atoms with Gasteiger partial charge in [0, 0.05) is 36.9 Å². The quantitative estimate of drug-likeness (QED) is 0.154. The van der Waals surface area contributed by atoms with E-state index in [4.69, 9.17) is 15.0 Å². The van der Waals surface area contributed by atoms with Crippen LogP contribution in [0.25, 0.3) is 110 Å². The third-order valence-electron chi connectivity index (χ3n) is 11.3. The van der Waals surface area contributed by atoms with E-state index in [-0.39, 0.29) is 0 Å². The highest BCUT2D eigenvalue weighted by molar-refractivity contribution is 7.26. The van der Waals surface area contributed by atoms with E-state index >= 15 is 0 Å². The molecule has 3 nitrogen and oxygen atoms in total. The zero-order valence-corrected chi connectivity index (χ0v) is 33.9. The summed E-state index contributed by atoms with van der Waals surface area (Å²) in [4.78, 5) is 15.5. The first kappa shape index (κ1) is 36.3. The zero-order chi connectivity index (χ0) is 40.5. The molecule has 0 N–H and O–H groups in total. The summed E-state index contributed by atoms with van der Waals surface area (Å²) in [6.45, 7) is 0. The summed E-state index contributed by atoms with van der Waals surface area (Å²) in [5.74, 6) is 1.94. The van der Waals surface area contributed by atoms with E-state index in [1.807, 2.05) is 24.3 Å². The van der Waals surface area contributed by atoms with Crippen molar-refractivity contribution in [3.05, 3.63) is 224 Å². The highest BCUT2D eigenvalue weighted by Gasteiger charge is 2.19. The Bertz CT molecular complexity index is 3360. The Labute approximate surface area is 359 Å². The summed E-state index contributed by atoms with van der Waals surface area (Å²) in [7, 11) is 0. The lowest BCUT2D eigenvalue weighted by molar-refractivity contribution is 1.08. The second-order valence-electron chi connectivity index (χ2n) is 15.2. The van der Waals surface area contributed by atoms with Gasteiger partial charge in [0.05, 0.1) is 0 Å². The van der Waals surface area contributed by atoms with Crippen molar-refractivity contribution in [1.82, 2.24) is 15.0 Å². The second kappa shape index (κ2) is 15.8. The number of hydrogen-bond donors (Lipinski definition) is 0. The molecule has 61 heavy (non-hydrogen) atoms. The number of thiophene rings is 1. The maximum atomic E-state index is 5.24. The Hall–Kier alpha value is -7.79. The van der Waals surface area contributed by atoms with Crippen molar-refractivity contribution in [3.63, 3.8) is 0 Å². The number of fused-ring (bicyclic) bond motifs is 3. The summed E-state index contributed by atoms with van der Waals surface area (Å²) in [6.07, 6.45) is 0. The standard InChI is InChI=1S/C57H37N3S/c1-4-16-38(17-5-1)41-22-12-24-43(34-41)44-25-13-26-45(35-44)48-28-10-11-29-49(48)46-32-33-52-51(37-46)54-50(30-15-31-53(54)61-52)57-59-55(40-20-8-3-9-21-40)58-56(60-57)47-27-14-23-42(36-47)39-18-6-2-7-19-39/h1-37H. The van der Waals surface area contributed by atoms with Crippen molar-refractivity contribution in [2.24, 2.45) is 0 Å². The molecule has 0 fully saturated rings. The lowest BCUT2D eigenvalue weighted by atomic mass is 9.91. The SMILES string of the molecule is c1ccc(-c2cccc(-c3cccc(-c4ccccc4-c4ccc5sc6cccc(-c7nc(-c8ccccc8)nc(-c8cccc(-c9ccccc9)c8)n7)c6c5c4)c3)c2)cc1. The second-order valence-corrected chi connectivity index (χ2v) is 16.3. The fourth-order valence-corrected chi connectivity index (χ4v) is 9.47. The summed E-state index contributed by atoms with van der Waals surface area (Å²) in [5, 5.41) is 2.33. The molecule has 0 saturated carbocycles. The van der Waals surface area contributed by atoms with Crippen molar-refractivity contribution >= 4 is 31.5 Å². The first-order valence-corrected chi connectivity index (χ1v) is 21.3. The van der Waals surface area contributed by atoms with E-state index < -0.39 is 0 Å². The van der Waals surface area contributed by atoms with Gasteiger partial charge in [-0.05, 0) is 92.0 Å². The van der Waals surface area contributed by atoms with Gasteiger partial charge in [-0.2, -0.15) is 0 Å². The summed E-state index contributed by atoms with van der Waals surface area (Å²) >= 11 is 1.80. The molecule has 0 radical (unpaired) electrons. The van der Waals surface area contributed by atoms with Crippen LogP contribution in [0.15, 0.2) is 224 Å². The van der Waals surface area contributed by atoms with Crippen LogP contribution in [0.3, 0.4) is 0 Å². The van der Waals surface area contributed by atoms with Crippen LogP contribution in [0.1, 0.15) is 0 Å². The van der Waals surface area contributed by atoms with Crippen molar-refractivity contribution in [2.45, 2.75) is 0 Å². The van der Waals surface area contributed by atoms with Crippen LogP contribution >= 0.6 is 11.3 Å². The molecule has 0 spiro atoms. The van der Waals surface area contributed by atoms with E-state index in [9.17, 15) is 0 Å². The highest BCUT2D eigenvalue weighted by Crippen LogP contribution is 2.43. The molecule has 11 rings (SSSR count). The van der Waals surface area contributed by atoms with Gasteiger partial charge in [-0.25, -0.2) is 15.0 Å². The Balaban J connectivity index is 1.03. The van der Waals surface area contributed by atoms with E-state index in [1.54, 1.807) is 11.3 Å². The van der Waals surface area contributed by atoms with Gasteiger partial charge in [-0.15, -0.1) is 11.3 Å². The molecule has 0 atom stereocenters. The van der Waals surface area contributed by atoms with Crippen molar-refractivity contribution < 1.29 is 0 Å². The lowest BCUT2D eigenvalue weighted by Crippen LogP contribution is -2.00. The first-order chi connectivity index (χ1) is 30.2. The lowest BCUT2D eigenvalue weighted by Gasteiger charge is -2.13. The predicted octanol–water partition coefficient (Wildman–Crippen LogP) is 15.6. The van der Waals surface area contributed by atoms with Crippen molar-refractivity contribution in [1.29, 1.82) is 0 Å². The van der Waals surface area contributed by atoms with Crippen molar-refractivity contribution in [3.8, 4) is 89.8 Å². The monoisotopic (exact) mass is 795 g/mol. The van der Waals surface area contributed by atoms with Crippen LogP contribution in [0.4, 0.5) is 0 Å². The number of nitrogens with zero attached hydrogens (tertiary/aromatic N) is 3. The Morgan fingerprint density at radius 2 is 0.656 bits per heavy atom. The molecule has 11 aromatic rings. The topological polar surface area (TPSA) is 38.7 Å². The van der Waals surface area contributed by atoms with Gasteiger partial charge in [-0.1, -0.05) is 188 Å². The molecular weight excluding hydrogens is 759 g/mol. The molecule has 2 heterocycles. The molecule has 0 amide bonds. The van der Waals surface area contributed by atoms with Gasteiger partial charge in [0.15, 0.2) is 17.5 Å². The molecule has 0 aliphatic carbocycles. The fourth-order valence-electron chi connectivity index (χ4n) is 8.35. The van der Waals surface area contributed by atoms with Crippen LogP contribution in [0.5, 0.6) is 0 Å². The summed E-state index contributed by atoms with van der Waals surface area (Å²) in [6, 6.07) is 79.5. The average Bonchev–Trinajstić information content (AvgIpc) is 3.73. The molecule has 0 saturated heterocycles. The smallest absolute Gasteiger partial charge is 0.164 e. The van der Waals surface area contributed by atoms with Gasteiger partial charge in [0.2, 0.25) is 0 Å². The maximum Gasteiger partial charge on any atom is 0.164 e. The highest BCUT2D eigenvalue weighted by atomic mass is 32.1. The number of benzene rings is 9. The zero-order valence-electron chi connectivity index (χ0n) is 33.1. The van der Waals surface area contributed by atoms with Crippen LogP contribution in [-0.2, 0) is 0 Å². The van der Waals surface area contributed by atoms with E-state index in [1.165, 1.54) is 53.7 Å². The molecule has 286 valence electrons. The molecule has 0 aliphatic rings. The van der Waals surface area contributed by atoms with Gasteiger partial charge in [-0.3, -0.25) is 0 Å². The summed E-state index contributed by atoms with van der Waals surface area (Å²) in [5.41, 5.74) is 14.7. The number of rotatable bonds is 8. The Morgan fingerprint density at radius 1 is 0.246 bits per heavy atom. The molecule has 9 aromatic carbocycles. The first-order valence-electron chi connectivity index (χ1n) is 20.5. The summed E-state index contributed by atoms with van der Waals surface area (Å²) < 4.78 is 2.41. The largest absolute Gasteiger partial charge is 0.208 e. The molecule has 0 aliphatic heterocycles. The molecule has 0 unspecified atom stereocenters. The Morgan fingerprint density at radius 3 is 1.28 bits per heavy atom. The number of hydrogen-bond acceptors (Lipinski definition) is 4. The minimum absolute atomic E-state index is 0.641. The molecule has 0 bridgehead atoms. The third-order valence-corrected chi connectivity index (χ3v) is 12.5. The maximum absolute atomic E-state index is 5.24. The molecule has 4 heteroatoms. The van der Waals surface area contributed by atoms with Gasteiger partial charge in [0.1, 0.15) is 0 Å². The van der Waals surface area contributed by atoms with E-state index in [2.05, 4.69) is 200 Å². The average molecular weight is 796 g/mol. The van der Waals surface area contributed by atoms with Gasteiger partial charge < -0.3 is 0 Å². The van der Waals surface area contributed by atoms with Crippen LogP contribution < -0.4 is 0 Å². The van der Waals surface area contributed by atoms with Gasteiger partial charge >= 0.3 is 0 Å². The van der Waals surface area contributed by atoms with Crippen LogP contribution in [-0.4, -0.2) is 15.0 Å². The fraction of sp³-hybridized carbons (Fsp3) is 0. The molecule has 2 aromatic heterocycles. The minimum atomic E-state index is 0.641. The normalized spacial score (nSPS) is 11.3. The van der Waals surface area contributed by atoms with Crippen molar-refractivity contribution in [2.75, 3.05) is 0 Å². The third kappa shape index (κ3) is 7.09. The number of aromatic nitrogens is 3. The van der Waals surface area contributed by atoms with E-state index in [0.29, 0.717) is 17.5 Å². The van der Waals surface area contributed by atoms with Crippen LogP contribution in [0.2, 0.25) is 0 Å². The van der Waals surface area contributed by atoms with E-state index in [0.717, 1.165) is 38.8 Å². The predicted molar refractivity (Wildman–Crippen MR) is 256 cm³/mol. The Kier molecular flexibility index (Phi) is 9.38. The minimum Gasteiger partial charge on any atom is -0.208 e. The van der Waals surface area contributed by atoms with Crippen LogP contribution in [0, 0.1) is 0 Å².